The summed E-state index contributed by atoms with van der Waals surface area (Å²) in [4.78, 5) is 15.2. The molecule has 5 nitrogen and oxygen atoms in total. The third-order valence-corrected chi connectivity index (χ3v) is 5.47. The van der Waals surface area contributed by atoms with E-state index in [9.17, 15) is 0 Å². The van der Waals surface area contributed by atoms with Gasteiger partial charge in [-0.1, -0.05) is 6.07 Å². The van der Waals surface area contributed by atoms with Gasteiger partial charge in [-0.05, 0) is 48.8 Å². The smallest absolute Gasteiger partial charge is 0.225 e. The minimum Gasteiger partial charge on any atom is -0.377 e. The van der Waals surface area contributed by atoms with Crippen LogP contribution in [-0.4, -0.2) is 40.8 Å². The van der Waals surface area contributed by atoms with Crippen molar-refractivity contribution in [3.8, 4) is 0 Å². The molecule has 0 unspecified atom stereocenters. The predicted molar refractivity (Wildman–Crippen MR) is 92.8 cm³/mol. The first-order chi connectivity index (χ1) is 11.8. The van der Waals surface area contributed by atoms with Crippen LogP contribution in [0.2, 0.25) is 0 Å². The molecule has 5 heteroatoms. The molecule has 0 N–H and O–H groups in total. The maximum atomic E-state index is 6.24. The first kappa shape index (κ1) is 15.5. The Bertz CT molecular complexity index is 631. The van der Waals surface area contributed by atoms with Gasteiger partial charge in [-0.3, -0.25) is 4.98 Å². The van der Waals surface area contributed by atoms with E-state index in [1.54, 1.807) is 0 Å². The van der Waals surface area contributed by atoms with Crippen LogP contribution in [0.15, 0.2) is 43.0 Å². The van der Waals surface area contributed by atoms with E-state index in [1.165, 1.54) is 24.8 Å². The van der Waals surface area contributed by atoms with Crippen molar-refractivity contribution in [3.63, 3.8) is 0 Å². The maximum absolute atomic E-state index is 6.24. The lowest BCUT2D eigenvalue weighted by molar-refractivity contribution is -0.0715. The molecule has 2 aromatic heterocycles. The largest absolute Gasteiger partial charge is 0.377 e. The lowest BCUT2D eigenvalue weighted by atomic mass is 9.73. The number of aromatic nitrogens is 3. The van der Waals surface area contributed by atoms with Crippen molar-refractivity contribution < 1.29 is 4.74 Å². The van der Waals surface area contributed by atoms with Gasteiger partial charge in [0.25, 0.3) is 0 Å². The van der Waals surface area contributed by atoms with Crippen LogP contribution in [0, 0.1) is 5.41 Å². The third-order valence-electron chi connectivity index (χ3n) is 5.47. The fraction of sp³-hybridized carbons (Fsp3) is 0.526. The van der Waals surface area contributed by atoms with Crippen molar-refractivity contribution >= 4 is 5.95 Å². The summed E-state index contributed by atoms with van der Waals surface area (Å²) in [6.07, 6.45) is 13.5. The quantitative estimate of drug-likeness (QED) is 0.869. The molecule has 4 heterocycles. The minimum absolute atomic E-state index is 0.343. The zero-order chi connectivity index (χ0) is 16.2. The molecule has 0 amide bonds. The first-order valence-electron chi connectivity index (χ1n) is 8.86. The van der Waals surface area contributed by atoms with E-state index >= 15 is 0 Å². The van der Waals surface area contributed by atoms with Gasteiger partial charge in [0.1, 0.15) is 0 Å². The Hall–Kier alpha value is -2.01. The lowest BCUT2D eigenvalue weighted by Crippen LogP contribution is -2.46. The molecule has 126 valence electrons. The topological polar surface area (TPSA) is 51.1 Å². The molecule has 0 saturated carbocycles. The Morgan fingerprint density at radius 1 is 1.08 bits per heavy atom. The van der Waals surface area contributed by atoms with E-state index in [0.29, 0.717) is 11.5 Å². The molecule has 2 aliphatic rings. The highest BCUT2D eigenvalue weighted by atomic mass is 16.5. The standard InChI is InChI=1S/C19H24N4O/c1-3-16(14-20-8-1)13-17-4-5-19(15-24-17)6-11-23(12-7-19)18-21-9-2-10-22-18/h1-3,8-10,14,17H,4-7,11-13,15H2/t17-/m1/s1. The molecule has 0 bridgehead atoms. The van der Waals surface area contributed by atoms with Crippen LogP contribution in [0.25, 0.3) is 0 Å². The average molecular weight is 324 g/mol. The van der Waals surface area contributed by atoms with Crippen LogP contribution < -0.4 is 4.90 Å². The number of hydrogen-bond acceptors (Lipinski definition) is 5. The summed E-state index contributed by atoms with van der Waals surface area (Å²) < 4.78 is 6.24. The monoisotopic (exact) mass is 324 g/mol. The molecule has 0 aliphatic carbocycles. The highest BCUT2D eigenvalue weighted by Gasteiger charge is 2.39. The number of ether oxygens (including phenoxy) is 1. The van der Waals surface area contributed by atoms with Crippen LogP contribution in [0.5, 0.6) is 0 Å². The van der Waals surface area contributed by atoms with Gasteiger partial charge in [0, 0.05) is 44.3 Å². The fourth-order valence-corrected chi connectivity index (χ4v) is 3.89. The van der Waals surface area contributed by atoms with E-state index in [4.69, 9.17) is 4.74 Å². The molecule has 24 heavy (non-hydrogen) atoms. The summed E-state index contributed by atoms with van der Waals surface area (Å²) >= 11 is 0. The van der Waals surface area contributed by atoms with Gasteiger partial charge < -0.3 is 9.64 Å². The summed E-state index contributed by atoms with van der Waals surface area (Å²) in [5.74, 6) is 0.860. The Morgan fingerprint density at radius 3 is 2.58 bits per heavy atom. The molecule has 2 saturated heterocycles. The van der Waals surface area contributed by atoms with E-state index in [2.05, 4.69) is 25.9 Å². The number of rotatable bonds is 3. The van der Waals surface area contributed by atoms with E-state index in [-0.39, 0.29) is 0 Å². The summed E-state index contributed by atoms with van der Waals surface area (Å²) in [5.41, 5.74) is 1.63. The molecular weight excluding hydrogens is 300 g/mol. The van der Waals surface area contributed by atoms with Gasteiger partial charge in [0.05, 0.1) is 12.7 Å². The van der Waals surface area contributed by atoms with Gasteiger partial charge in [-0.25, -0.2) is 9.97 Å². The number of nitrogens with zero attached hydrogens (tertiary/aromatic N) is 4. The van der Waals surface area contributed by atoms with Gasteiger partial charge in [0.15, 0.2) is 0 Å². The average Bonchev–Trinajstić information content (AvgIpc) is 2.66. The maximum Gasteiger partial charge on any atom is 0.225 e. The van der Waals surface area contributed by atoms with E-state index < -0.39 is 0 Å². The number of pyridine rings is 1. The second-order valence-electron chi connectivity index (χ2n) is 7.07. The Kier molecular flexibility index (Phi) is 4.43. The second-order valence-corrected chi connectivity index (χ2v) is 7.07. The van der Waals surface area contributed by atoms with Crippen molar-refractivity contribution in [2.45, 2.75) is 38.2 Å². The molecule has 2 aromatic rings. The minimum atomic E-state index is 0.343. The van der Waals surface area contributed by atoms with Crippen LogP contribution >= 0.6 is 0 Å². The van der Waals surface area contributed by atoms with Crippen LogP contribution in [0.3, 0.4) is 0 Å². The zero-order valence-electron chi connectivity index (χ0n) is 14.0. The molecule has 2 aliphatic heterocycles. The van der Waals surface area contributed by atoms with Gasteiger partial charge >= 0.3 is 0 Å². The SMILES string of the molecule is c1cnc(N2CCC3(CC[C@H](Cc4cccnc4)OC3)CC2)nc1. The van der Waals surface area contributed by atoms with Crippen LogP contribution in [0.1, 0.15) is 31.2 Å². The number of piperidine rings is 1. The highest BCUT2D eigenvalue weighted by Crippen LogP contribution is 2.41. The van der Waals surface area contributed by atoms with Crippen molar-refractivity contribution in [1.82, 2.24) is 15.0 Å². The number of hydrogen-bond donors (Lipinski definition) is 0. The van der Waals surface area contributed by atoms with E-state index in [1.807, 2.05) is 36.9 Å². The van der Waals surface area contributed by atoms with Gasteiger partial charge in [-0.2, -0.15) is 0 Å². The molecule has 4 rings (SSSR count). The Balaban J connectivity index is 1.30. The highest BCUT2D eigenvalue weighted by molar-refractivity contribution is 5.29. The molecule has 2 fully saturated rings. The van der Waals surface area contributed by atoms with Crippen LogP contribution in [-0.2, 0) is 11.2 Å². The molecule has 1 spiro atoms. The number of anilines is 1. The van der Waals surface area contributed by atoms with Gasteiger partial charge in [0.2, 0.25) is 5.95 Å². The summed E-state index contributed by atoms with van der Waals surface area (Å²) in [6, 6.07) is 6.01. The molecule has 0 radical (unpaired) electrons. The van der Waals surface area contributed by atoms with Gasteiger partial charge in [-0.15, -0.1) is 0 Å². The summed E-state index contributed by atoms with van der Waals surface area (Å²) in [6.45, 7) is 2.95. The summed E-state index contributed by atoms with van der Waals surface area (Å²) in [7, 11) is 0. The second kappa shape index (κ2) is 6.85. The fourth-order valence-electron chi connectivity index (χ4n) is 3.89. The first-order valence-corrected chi connectivity index (χ1v) is 8.86. The van der Waals surface area contributed by atoms with E-state index in [0.717, 1.165) is 38.5 Å². The van der Waals surface area contributed by atoms with Crippen molar-refractivity contribution in [3.05, 3.63) is 48.5 Å². The van der Waals surface area contributed by atoms with Crippen molar-refractivity contribution in [2.75, 3.05) is 24.6 Å². The normalized spacial score (nSPS) is 23.3. The van der Waals surface area contributed by atoms with Crippen molar-refractivity contribution in [2.24, 2.45) is 5.41 Å². The molecule has 0 aromatic carbocycles. The van der Waals surface area contributed by atoms with Crippen LogP contribution in [0.4, 0.5) is 5.95 Å². The Labute approximate surface area is 143 Å². The zero-order valence-corrected chi connectivity index (χ0v) is 14.0. The predicted octanol–water partition coefficient (Wildman–Crippen LogP) is 2.88. The lowest BCUT2D eigenvalue weighted by Gasteiger charge is -2.45. The Morgan fingerprint density at radius 2 is 1.92 bits per heavy atom. The molecular formula is C19H24N4O. The third kappa shape index (κ3) is 3.41. The molecule has 1 atom stereocenters. The van der Waals surface area contributed by atoms with Crippen molar-refractivity contribution in [1.29, 1.82) is 0 Å². The summed E-state index contributed by atoms with van der Waals surface area (Å²) in [5, 5.41) is 0.